The third kappa shape index (κ3) is 4.49. The molecule has 0 saturated heterocycles. The van der Waals surface area contributed by atoms with Gasteiger partial charge in [-0.2, -0.15) is 0 Å². The van der Waals surface area contributed by atoms with Crippen molar-refractivity contribution in [2.45, 2.75) is 0 Å². The first-order valence-electron chi connectivity index (χ1n) is 10.7. The topological polar surface area (TPSA) is 26.7 Å². The third-order valence-electron chi connectivity index (χ3n) is 5.59. The molecule has 0 fully saturated rings. The summed E-state index contributed by atoms with van der Waals surface area (Å²) in [6, 6.07) is 33.7. The van der Waals surface area contributed by atoms with Crippen LogP contribution < -0.4 is 25.7 Å². The second kappa shape index (κ2) is 9.46. The van der Waals surface area contributed by atoms with E-state index in [1.807, 2.05) is 24.3 Å². The molecule has 0 aliphatic carbocycles. The van der Waals surface area contributed by atoms with Crippen LogP contribution in [0.2, 0.25) is 0 Å². The largest absolute Gasteiger partial charge is 0.507 e. The quantitative estimate of drug-likeness (QED) is 0.430. The van der Waals surface area contributed by atoms with E-state index < -0.39 is 7.92 Å². The van der Waals surface area contributed by atoms with Gasteiger partial charge in [0, 0.05) is 45.1 Å². The number of hydrogen-bond donors (Lipinski definition) is 1. The highest BCUT2D eigenvalue weighted by molar-refractivity contribution is 7.80. The predicted octanol–water partition coefficient (Wildman–Crippen LogP) is 4.95. The molecule has 4 aromatic rings. The monoisotopic (exact) mass is 440 g/mol. The van der Waals surface area contributed by atoms with Crippen LogP contribution in [-0.4, -0.2) is 33.3 Å². The van der Waals surface area contributed by atoms with Crippen LogP contribution in [0.1, 0.15) is 0 Å². The third-order valence-corrected chi connectivity index (χ3v) is 8.09. The number of nitrogens with zero attached hydrogens (tertiary/aromatic N) is 2. The van der Waals surface area contributed by atoms with Gasteiger partial charge in [0.05, 0.1) is 0 Å². The first-order valence-corrected chi connectivity index (χ1v) is 12.0. The summed E-state index contributed by atoms with van der Waals surface area (Å²) in [6.45, 7) is 0. The molecule has 0 amide bonds. The zero-order valence-corrected chi connectivity index (χ0v) is 19.9. The minimum Gasteiger partial charge on any atom is -0.507 e. The van der Waals surface area contributed by atoms with Crippen molar-refractivity contribution in [1.82, 2.24) is 0 Å². The molecule has 0 atom stereocenters. The first-order chi connectivity index (χ1) is 15.5. The normalized spacial score (nSPS) is 10.9. The highest BCUT2D eigenvalue weighted by atomic mass is 31.1. The number of anilines is 2. The van der Waals surface area contributed by atoms with Crippen molar-refractivity contribution in [3.05, 3.63) is 97.1 Å². The maximum atomic E-state index is 10.6. The van der Waals surface area contributed by atoms with Crippen LogP contribution in [0.5, 0.6) is 5.75 Å². The average Bonchev–Trinajstić information content (AvgIpc) is 2.81. The zero-order chi connectivity index (χ0) is 22.7. The lowest BCUT2D eigenvalue weighted by molar-refractivity contribution is 0.477. The molecule has 0 saturated carbocycles. The number of rotatable bonds is 6. The Morgan fingerprint density at radius 3 is 1.44 bits per heavy atom. The van der Waals surface area contributed by atoms with Crippen LogP contribution in [0.25, 0.3) is 11.1 Å². The lowest BCUT2D eigenvalue weighted by atomic mass is 10.0. The lowest BCUT2D eigenvalue weighted by Gasteiger charge is -2.24. The van der Waals surface area contributed by atoms with E-state index in [1.54, 1.807) is 6.07 Å². The number of phenols is 1. The molecule has 32 heavy (non-hydrogen) atoms. The van der Waals surface area contributed by atoms with E-state index >= 15 is 0 Å². The molecular formula is C28H29N2OP. The Morgan fingerprint density at radius 1 is 0.531 bits per heavy atom. The molecule has 0 aliphatic heterocycles. The van der Waals surface area contributed by atoms with E-state index in [4.69, 9.17) is 0 Å². The second-order valence-corrected chi connectivity index (χ2v) is 10.4. The van der Waals surface area contributed by atoms with Crippen molar-refractivity contribution in [1.29, 1.82) is 0 Å². The predicted molar refractivity (Wildman–Crippen MR) is 141 cm³/mol. The number of phenolic OH excluding ortho intramolecular Hbond substituents is 1. The van der Waals surface area contributed by atoms with E-state index in [0.717, 1.165) is 11.1 Å². The van der Waals surface area contributed by atoms with Crippen LogP contribution in [-0.2, 0) is 0 Å². The van der Waals surface area contributed by atoms with Gasteiger partial charge >= 0.3 is 0 Å². The molecule has 0 unspecified atom stereocenters. The molecule has 0 bridgehead atoms. The van der Waals surface area contributed by atoms with E-state index in [1.165, 1.54) is 27.3 Å². The summed E-state index contributed by atoms with van der Waals surface area (Å²) in [7, 11) is 7.43. The molecular weight excluding hydrogens is 411 g/mol. The van der Waals surface area contributed by atoms with E-state index in [9.17, 15) is 5.11 Å². The van der Waals surface area contributed by atoms with Crippen LogP contribution in [0.15, 0.2) is 97.1 Å². The smallest absolute Gasteiger partial charge is 0.123 e. The van der Waals surface area contributed by atoms with Crippen LogP contribution >= 0.6 is 7.92 Å². The maximum Gasteiger partial charge on any atom is 0.123 e. The van der Waals surface area contributed by atoms with Gasteiger partial charge in [0.2, 0.25) is 0 Å². The van der Waals surface area contributed by atoms with E-state index in [0.29, 0.717) is 5.75 Å². The summed E-state index contributed by atoms with van der Waals surface area (Å²) in [5.74, 6) is 0.306. The van der Waals surface area contributed by atoms with Gasteiger partial charge in [-0.3, -0.25) is 0 Å². The van der Waals surface area contributed by atoms with Gasteiger partial charge in [-0.15, -0.1) is 0 Å². The van der Waals surface area contributed by atoms with E-state index in [-0.39, 0.29) is 0 Å². The highest BCUT2D eigenvalue weighted by Gasteiger charge is 2.21. The van der Waals surface area contributed by atoms with Gasteiger partial charge in [0.25, 0.3) is 0 Å². The van der Waals surface area contributed by atoms with Gasteiger partial charge in [0.1, 0.15) is 5.75 Å². The second-order valence-electron chi connectivity index (χ2n) is 8.19. The van der Waals surface area contributed by atoms with Crippen molar-refractivity contribution >= 4 is 35.2 Å². The van der Waals surface area contributed by atoms with Crippen molar-refractivity contribution in [2.24, 2.45) is 0 Å². The molecule has 4 rings (SSSR count). The number of benzene rings is 4. The SMILES string of the molecule is CN(C)c1ccc(P(c2ccc(N(C)C)cc2)c2ccccc2-c2ccccc2O)cc1. The van der Waals surface area contributed by atoms with Gasteiger partial charge in [-0.05, 0) is 59.7 Å². The van der Waals surface area contributed by atoms with Crippen LogP contribution in [0.3, 0.4) is 0 Å². The Bertz CT molecular complexity index is 1130. The number of hydrogen-bond acceptors (Lipinski definition) is 3. The molecule has 4 aromatic carbocycles. The summed E-state index contributed by atoms with van der Waals surface area (Å²) < 4.78 is 0. The molecule has 0 aliphatic rings. The fraction of sp³-hybridized carbons (Fsp3) is 0.143. The van der Waals surface area contributed by atoms with Crippen molar-refractivity contribution in [3.63, 3.8) is 0 Å². The van der Waals surface area contributed by atoms with Crippen LogP contribution in [0, 0.1) is 0 Å². The maximum absolute atomic E-state index is 10.6. The Morgan fingerprint density at radius 2 is 0.969 bits per heavy atom. The molecule has 4 heteroatoms. The minimum absolute atomic E-state index is 0.306. The summed E-state index contributed by atoms with van der Waals surface area (Å²) in [5.41, 5.74) is 4.30. The molecule has 0 heterocycles. The highest BCUT2D eigenvalue weighted by Crippen LogP contribution is 2.39. The molecule has 3 nitrogen and oxygen atoms in total. The summed E-state index contributed by atoms with van der Waals surface area (Å²) >= 11 is 0. The average molecular weight is 441 g/mol. The Hall–Kier alpha value is -3.29. The Labute approximate surface area is 192 Å². The van der Waals surface area contributed by atoms with E-state index in [2.05, 4.69) is 105 Å². The molecule has 1 N–H and O–H groups in total. The Balaban J connectivity index is 1.90. The van der Waals surface area contributed by atoms with Crippen molar-refractivity contribution in [2.75, 3.05) is 38.0 Å². The molecule has 0 radical (unpaired) electrons. The Kier molecular flexibility index (Phi) is 6.48. The lowest BCUT2D eigenvalue weighted by Crippen LogP contribution is -2.23. The minimum atomic E-state index is -0.814. The first kappa shape index (κ1) is 21.9. The van der Waals surface area contributed by atoms with Crippen molar-refractivity contribution < 1.29 is 5.11 Å². The van der Waals surface area contributed by atoms with Gasteiger partial charge in [0.15, 0.2) is 0 Å². The van der Waals surface area contributed by atoms with Crippen molar-refractivity contribution in [3.8, 4) is 16.9 Å². The number of aromatic hydroxyl groups is 1. The molecule has 162 valence electrons. The summed E-state index contributed by atoms with van der Waals surface area (Å²) in [5, 5.41) is 14.4. The molecule has 0 spiro atoms. The van der Waals surface area contributed by atoms with Crippen LogP contribution in [0.4, 0.5) is 11.4 Å². The van der Waals surface area contributed by atoms with Gasteiger partial charge < -0.3 is 14.9 Å². The van der Waals surface area contributed by atoms with Gasteiger partial charge in [-0.25, -0.2) is 0 Å². The zero-order valence-electron chi connectivity index (χ0n) is 19.0. The summed E-state index contributed by atoms with van der Waals surface area (Å²) in [6.07, 6.45) is 0. The van der Waals surface area contributed by atoms with Gasteiger partial charge in [-0.1, -0.05) is 66.7 Å². The standard InChI is InChI=1S/C28H29N2OP/c1-29(2)21-13-17-23(18-14-21)32(24-19-15-22(16-20-24)30(3)4)28-12-8-6-10-26(28)25-9-5-7-11-27(25)31/h5-20,31H,1-4H3. The number of para-hydroxylation sites is 1. The fourth-order valence-corrected chi connectivity index (χ4v) is 6.24. The molecule has 0 aromatic heterocycles. The summed E-state index contributed by atoms with van der Waals surface area (Å²) in [4.78, 5) is 4.24. The fourth-order valence-electron chi connectivity index (χ4n) is 3.82.